The second-order valence-corrected chi connectivity index (χ2v) is 17.7. The molecule has 4 amide bonds. The van der Waals surface area contributed by atoms with Crippen molar-refractivity contribution in [2.45, 2.75) is 112 Å². The summed E-state index contributed by atoms with van der Waals surface area (Å²) < 4.78 is 77.2. The number of amides is 4. The molecule has 1 spiro atoms. The second-order valence-electron chi connectivity index (χ2n) is 15.1. The second kappa shape index (κ2) is 13.0. The first-order chi connectivity index (χ1) is 24.9. The van der Waals surface area contributed by atoms with Crippen LogP contribution in [0.4, 0.5) is 18.0 Å². The number of hydrogen-bond acceptors (Lipinski definition) is 8. The fourth-order valence-corrected chi connectivity index (χ4v) is 9.39. The van der Waals surface area contributed by atoms with Gasteiger partial charge in [0.15, 0.2) is 11.4 Å². The number of carboxylic acid groups (broad SMARTS) is 1. The van der Waals surface area contributed by atoms with Crippen molar-refractivity contribution in [1.82, 2.24) is 25.2 Å². The van der Waals surface area contributed by atoms with E-state index in [0.717, 1.165) is 4.90 Å². The third kappa shape index (κ3) is 6.78. The molecule has 5 atom stereocenters. The topological polar surface area (TPSA) is 184 Å². The Morgan fingerprint density at radius 2 is 1.89 bits per heavy atom. The lowest BCUT2D eigenvalue weighted by molar-refractivity contribution is -0.144. The molecular formula is C35H39ClF3N5O8S. The van der Waals surface area contributed by atoms with Gasteiger partial charge in [-0.15, -0.1) is 0 Å². The predicted molar refractivity (Wildman–Crippen MR) is 184 cm³/mol. The molecule has 13 nitrogen and oxygen atoms in total. The van der Waals surface area contributed by atoms with Gasteiger partial charge in [-0.05, 0) is 64.4 Å². The van der Waals surface area contributed by atoms with Crippen LogP contribution in [-0.2, 0) is 37.0 Å². The van der Waals surface area contributed by atoms with E-state index in [9.17, 15) is 45.9 Å². The molecule has 53 heavy (non-hydrogen) atoms. The molecule has 286 valence electrons. The van der Waals surface area contributed by atoms with Gasteiger partial charge in [0.25, 0.3) is 5.91 Å². The molecule has 4 N–H and O–H groups in total. The first-order valence-corrected chi connectivity index (χ1v) is 19.5. The molecule has 1 aromatic heterocycles. The Labute approximate surface area is 308 Å². The van der Waals surface area contributed by atoms with Crippen molar-refractivity contribution >= 4 is 56.3 Å². The number of carbonyl (C=O) groups is 4. The van der Waals surface area contributed by atoms with Crippen LogP contribution in [0.3, 0.4) is 0 Å². The number of pyridine rings is 1. The summed E-state index contributed by atoms with van der Waals surface area (Å²) in [4.78, 5) is 59.2. The third-order valence-electron chi connectivity index (χ3n) is 11.4. The van der Waals surface area contributed by atoms with E-state index >= 15 is 0 Å². The van der Waals surface area contributed by atoms with Gasteiger partial charge in [0.2, 0.25) is 21.8 Å². The minimum Gasteiger partial charge on any atom is -0.483 e. The smallest absolute Gasteiger partial charge is 0.437 e. The predicted octanol–water partition coefficient (Wildman–Crippen LogP) is 4.60. The van der Waals surface area contributed by atoms with Crippen molar-refractivity contribution in [3.05, 3.63) is 46.6 Å². The van der Waals surface area contributed by atoms with Gasteiger partial charge in [0.05, 0.1) is 21.8 Å². The molecule has 7 rings (SSSR count). The molecule has 0 unspecified atom stereocenters. The van der Waals surface area contributed by atoms with E-state index in [1.54, 1.807) is 18.2 Å². The van der Waals surface area contributed by atoms with Crippen LogP contribution in [0.2, 0.25) is 5.02 Å². The van der Waals surface area contributed by atoms with Crippen molar-refractivity contribution in [2.24, 2.45) is 5.92 Å². The number of ether oxygens (including phenoxy) is 1. The lowest BCUT2D eigenvalue weighted by Gasteiger charge is -2.37. The number of nitrogens with one attached hydrogen (secondary N) is 3. The van der Waals surface area contributed by atoms with E-state index < -0.39 is 85.3 Å². The number of alkyl halides is 3. The van der Waals surface area contributed by atoms with Gasteiger partial charge in [-0.25, -0.2) is 18.2 Å². The highest BCUT2D eigenvalue weighted by Crippen LogP contribution is 2.50. The summed E-state index contributed by atoms with van der Waals surface area (Å²) in [5, 5.41) is 15.0. The molecule has 4 heterocycles. The van der Waals surface area contributed by atoms with E-state index in [1.807, 2.05) is 6.08 Å². The molecule has 2 aliphatic carbocycles. The zero-order valence-corrected chi connectivity index (χ0v) is 30.3. The van der Waals surface area contributed by atoms with Gasteiger partial charge >= 0.3 is 12.3 Å². The van der Waals surface area contributed by atoms with Crippen LogP contribution in [-0.4, -0.2) is 81.7 Å². The number of halogens is 4. The quantitative estimate of drug-likeness (QED) is 0.322. The third-order valence-corrected chi connectivity index (χ3v) is 13.8. The molecule has 0 bridgehead atoms. The Hall–Kier alpha value is -4.12. The van der Waals surface area contributed by atoms with E-state index in [1.165, 1.54) is 13.0 Å². The Kier molecular flexibility index (Phi) is 9.14. The van der Waals surface area contributed by atoms with Gasteiger partial charge in [-0.2, -0.15) is 13.2 Å². The monoisotopic (exact) mass is 781 g/mol. The van der Waals surface area contributed by atoms with Gasteiger partial charge in [0, 0.05) is 23.3 Å². The van der Waals surface area contributed by atoms with E-state index in [4.69, 9.17) is 16.3 Å². The summed E-state index contributed by atoms with van der Waals surface area (Å²) in [5.41, 5.74) is -4.37. The Bertz CT molecular complexity index is 2040. The average Bonchev–Trinajstić information content (AvgIpc) is 3.97. The van der Waals surface area contributed by atoms with Crippen molar-refractivity contribution < 1.29 is 50.6 Å². The summed E-state index contributed by atoms with van der Waals surface area (Å²) in [6.07, 6.45) is 0.199. The maximum Gasteiger partial charge on any atom is 0.437 e. The summed E-state index contributed by atoms with van der Waals surface area (Å²) in [7, 11) is -4.09. The van der Waals surface area contributed by atoms with Gasteiger partial charge in [-0.1, -0.05) is 48.7 Å². The highest BCUT2D eigenvalue weighted by atomic mass is 35.5. The fourth-order valence-electron chi connectivity index (χ4n) is 7.86. The minimum atomic E-state index is -4.96. The summed E-state index contributed by atoms with van der Waals surface area (Å²) in [6.45, 7) is 1.14. The maximum absolute atomic E-state index is 14.6. The standard InChI is InChI=1S/C35H39ClF3N5O8S/c1-32(14-15-32)53(50,51)43-30(47)34-16-19(34)8-5-3-2-4-6-11-23(40-31(48)49)29(46)44-18-33(17-24(44)28(45)42-34)13-12-21-20-9-7-10-22(36)25(20)41-27(26(21)52-33)35(37,38)39/h5,7-10,19,23-24,40H,2-4,6,11-18H2,1H3,(H,42,45)(H,43,47)(H,48,49)/b8-5-/t19-,23+,24+,33-,34-/m1/s1. The molecule has 2 aromatic rings. The van der Waals surface area contributed by atoms with E-state index in [2.05, 4.69) is 20.3 Å². The van der Waals surface area contributed by atoms with Crippen LogP contribution in [0.5, 0.6) is 5.75 Å². The SMILES string of the molecule is CC1(S(=O)(=O)NC(=O)[C@@]23C[C@H]2/C=C\CCCCC[C@H](NC(=O)O)C(=O)N2C[C@@]4(CCc5c(c(C(F)(F)F)nc6c(Cl)cccc56)O4)C[C@H]2C(=O)N3)CC1. The number of sulfonamides is 1. The van der Waals surface area contributed by atoms with E-state index in [-0.39, 0.29) is 54.8 Å². The zero-order chi connectivity index (χ0) is 38.1. The zero-order valence-electron chi connectivity index (χ0n) is 28.7. The molecule has 3 fully saturated rings. The Morgan fingerprint density at radius 1 is 1.13 bits per heavy atom. The number of para-hydroxylation sites is 1. The lowest BCUT2D eigenvalue weighted by Crippen LogP contribution is -2.58. The highest BCUT2D eigenvalue weighted by molar-refractivity contribution is 7.91. The van der Waals surface area contributed by atoms with Crippen LogP contribution < -0.4 is 20.1 Å². The molecule has 5 aliphatic rings. The molecule has 0 radical (unpaired) electrons. The minimum absolute atomic E-state index is 0.0207. The molecular weight excluding hydrogens is 743 g/mol. The van der Waals surface area contributed by atoms with Crippen LogP contribution >= 0.6 is 11.6 Å². The molecule has 1 aromatic carbocycles. The van der Waals surface area contributed by atoms with Crippen LogP contribution in [0.15, 0.2) is 30.4 Å². The number of hydrogen-bond donors (Lipinski definition) is 4. The van der Waals surface area contributed by atoms with Gasteiger partial charge in [0.1, 0.15) is 23.2 Å². The normalized spacial score (nSPS) is 30.4. The van der Waals surface area contributed by atoms with Crippen LogP contribution in [0.1, 0.15) is 82.4 Å². The first kappa shape index (κ1) is 37.2. The molecule has 18 heteroatoms. The van der Waals surface area contributed by atoms with Crippen molar-refractivity contribution in [1.29, 1.82) is 0 Å². The van der Waals surface area contributed by atoms with E-state index in [0.29, 0.717) is 43.9 Å². The number of carbonyl (C=O) groups excluding carboxylic acids is 3. The van der Waals surface area contributed by atoms with Crippen molar-refractivity contribution in [3.63, 3.8) is 0 Å². The first-order valence-electron chi connectivity index (χ1n) is 17.6. The summed E-state index contributed by atoms with van der Waals surface area (Å²) in [5.74, 6) is -3.67. The van der Waals surface area contributed by atoms with Gasteiger partial charge in [-0.3, -0.25) is 19.1 Å². The number of aromatic nitrogens is 1. The molecule has 1 saturated heterocycles. The number of benzene rings is 1. The molecule has 3 aliphatic heterocycles. The maximum atomic E-state index is 14.6. The van der Waals surface area contributed by atoms with Gasteiger partial charge < -0.3 is 25.4 Å². The molecule has 2 saturated carbocycles. The van der Waals surface area contributed by atoms with Crippen molar-refractivity contribution in [3.8, 4) is 5.75 Å². The number of allylic oxidation sites excluding steroid dienone is 1. The largest absolute Gasteiger partial charge is 0.483 e. The lowest BCUT2D eigenvalue weighted by atomic mass is 9.87. The average molecular weight is 782 g/mol. The number of rotatable bonds is 4. The Balaban J connectivity index is 1.27. The Morgan fingerprint density at radius 3 is 2.58 bits per heavy atom. The highest BCUT2D eigenvalue weighted by Gasteiger charge is 2.64. The summed E-state index contributed by atoms with van der Waals surface area (Å²) in [6, 6.07) is 1.89. The summed E-state index contributed by atoms with van der Waals surface area (Å²) >= 11 is 6.25. The van der Waals surface area contributed by atoms with Crippen LogP contribution in [0.25, 0.3) is 10.9 Å². The fraction of sp³-hybridized carbons (Fsp3) is 0.571. The van der Waals surface area contributed by atoms with Crippen molar-refractivity contribution in [2.75, 3.05) is 6.54 Å². The number of fused-ring (bicyclic) bond motifs is 5. The number of aryl methyl sites for hydroxylation is 1. The van der Waals surface area contributed by atoms with Crippen LogP contribution in [0, 0.1) is 5.92 Å². The number of nitrogens with zero attached hydrogens (tertiary/aromatic N) is 2.